The van der Waals surface area contributed by atoms with Crippen LogP contribution in [0.5, 0.6) is 0 Å². The Morgan fingerprint density at radius 1 is 1.14 bits per heavy atom. The van der Waals surface area contributed by atoms with E-state index in [-0.39, 0.29) is 5.91 Å². The number of aromatic nitrogens is 1. The zero-order valence-electron chi connectivity index (χ0n) is 16.0. The predicted octanol–water partition coefficient (Wildman–Crippen LogP) is 5.29. The average Bonchev–Trinajstić information content (AvgIpc) is 3.19. The lowest BCUT2D eigenvalue weighted by molar-refractivity contribution is -0.116. The molecule has 28 heavy (non-hydrogen) atoms. The second-order valence-corrected chi connectivity index (χ2v) is 8.55. The summed E-state index contributed by atoms with van der Waals surface area (Å²) in [5, 5.41) is 5.10. The van der Waals surface area contributed by atoms with E-state index in [1.54, 1.807) is 23.1 Å². The van der Waals surface area contributed by atoms with Gasteiger partial charge in [0.1, 0.15) is 0 Å². The third kappa shape index (κ3) is 7.11. The van der Waals surface area contributed by atoms with E-state index in [4.69, 9.17) is 0 Å². The quantitative estimate of drug-likeness (QED) is 0.364. The summed E-state index contributed by atoms with van der Waals surface area (Å²) in [5.41, 5.74) is 4.98. The molecule has 0 bridgehead atoms. The van der Waals surface area contributed by atoms with Gasteiger partial charge in [-0.3, -0.25) is 9.69 Å². The second-order valence-electron chi connectivity index (χ2n) is 6.67. The predicted molar refractivity (Wildman–Crippen MR) is 119 cm³/mol. The van der Waals surface area contributed by atoms with Gasteiger partial charge in [-0.15, -0.1) is 23.1 Å². The Morgan fingerprint density at radius 2 is 2.00 bits per heavy atom. The second kappa shape index (κ2) is 11.0. The number of anilines is 1. The normalized spacial score (nSPS) is 10.9. The molecule has 0 saturated heterocycles. The molecule has 2 aromatic carbocycles. The Bertz CT molecular complexity index is 853. The van der Waals surface area contributed by atoms with Crippen molar-refractivity contribution in [2.45, 2.75) is 30.8 Å². The maximum absolute atomic E-state index is 12.2. The Kier molecular flexibility index (Phi) is 8.08. The number of amides is 1. The van der Waals surface area contributed by atoms with Crippen LogP contribution in [0.25, 0.3) is 0 Å². The molecule has 1 N–H and O–H groups in total. The minimum atomic E-state index is 0.0710. The highest BCUT2D eigenvalue weighted by molar-refractivity contribution is 7.99. The van der Waals surface area contributed by atoms with Gasteiger partial charge in [-0.25, -0.2) is 4.98 Å². The van der Waals surface area contributed by atoms with Crippen molar-refractivity contribution < 1.29 is 4.79 Å². The molecule has 6 heteroatoms. The first-order valence-electron chi connectivity index (χ1n) is 9.31. The van der Waals surface area contributed by atoms with E-state index in [0.29, 0.717) is 6.42 Å². The molecule has 0 unspecified atom stereocenters. The summed E-state index contributed by atoms with van der Waals surface area (Å²) < 4.78 is 0. The van der Waals surface area contributed by atoms with Crippen LogP contribution in [0.15, 0.2) is 70.4 Å². The van der Waals surface area contributed by atoms with E-state index < -0.39 is 0 Å². The Balaban J connectivity index is 1.41. The number of carbonyl (C=O) groups excluding carboxylic acids is 1. The fraction of sp³-hybridized carbons (Fsp3) is 0.273. The molecule has 1 amide bonds. The molecule has 0 spiro atoms. The molecular weight excluding hydrogens is 386 g/mol. The number of carbonyl (C=O) groups is 1. The van der Waals surface area contributed by atoms with Gasteiger partial charge in [0.25, 0.3) is 0 Å². The van der Waals surface area contributed by atoms with E-state index in [2.05, 4.69) is 45.8 Å². The molecule has 3 aromatic rings. The number of benzene rings is 2. The van der Waals surface area contributed by atoms with E-state index in [9.17, 15) is 4.79 Å². The third-order valence-corrected chi connectivity index (χ3v) is 5.87. The van der Waals surface area contributed by atoms with Crippen LogP contribution in [0.4, 0.5) is 5.69 Å². The minimum Gasteiger partial charge on any atom is -0.326 e. The van der Waals surface area contributed by atoms with Crippen molar-refractivity contribution in [1.82, 2.24) is 9.88 Å². The molecule has 0 fully saturated rings. The summed E-state index contributed by atoms with van der Waals surface area (Å²) in [7, 11) is 2.08. The molecule has 0 aliphatic rings. The Morgan fingerprint density at radius 3 is 2.79 bits per heavy atom. The number of nitrogens with zero attached hydrogens (tertiary/aromatic N) is 2. The van der Waals surface area contributed by atoms with Gasteiger partial charge in [0.05, 0.1) is 11.2 Å². The number of rotatable bonds is 10. The standard InChI is InChI=1S/C22H25N3OS2/c1-25(15-20-16-27-17-23-20)14-18-7-5-8-19(13-18)24-22(26)11-6-12-28-21-9-3-2-4-10-21/h2-5,7-10,13,16-17H,6,11-12,14-15H2,1H3,(H,24,26). The van der Waals surface area contributed by atoms with Crippen molar-refractivity contribution in [3.05, 3.63) is 76.7 Å². The van der Waals surface area contributed by atoms with Gasteiger partial charge in [-0.1, -0.05) is 30.3 Å². The first kappa shape index (κ1) is 20.6. The number of thioether (sulfide) groups is 1. The summed E-state index contributed by atoms with van der Waals surface area (Å²) in [6.07, 6.45) is 1.40. The third-order valence-electron chi connectivity index (χ3n) is 4.14. The van der Waals surface area contributed by atoms with E-state index in [1.165, 1.54) is 10.5 Å². The molecule has 146 valence electrons. The lowest BCUT2D eigenvalue weighted by Crippen LogP contribution is -2.17. The SMILES string of the molecule is CN(Cc1cccc(NC(=O)CCCSc2ccccc2)c1)Cc1cscn1. The van der Waals surface area contributed by atoms with E-state index in [1.807, 2.05) is 41.9 Å². The number of thiazole rings is 1. The van der Waals surface area contributed by atoms with Crippen molar-refractivity contribution in [1.29, 1.82) is 0 Å². The van der Waals surface area contributed by atoms with Gasteiger partial charge < -0.3 is 5.32 Å². The van der Waals surface area contributed by atoms with E-state index >= 15 is 0 Å². The van der Waals surface area contributed by atoms with Crippen LogP contribution in [0.3, 0.4) is 0 Å². The number of nitrogens with one attached hydrogen (secondary N) is 1. The summed E-state index contributed by atoms with van der Waals surface area (Å²) in [6, 6.07) is 18.4. The van der Waals surface area contributed by atoms with Crippen molar-refractivity contribution in [3.63, 3.8) is 0 Å². The monoisotopic (exact) mass is 411 g/mol. The molecule has 1 heterocycles. The van der Waals surface area contributed by atoms with E-state index in [0.717, 1.165) is 36.6 Å². The van der Waals surface area contributed by atoms with Gasteiger partial charge in [-0.05, 0) is 49.1 Å². The average molecular weight is 412 g/mol. The molecule has 0 aliphatic heterocycles. The van der Waals surface area contributed by atoms with Crippen molar-refractivity contribution in [2.75, 3.05) is 18.1 Å². The summed E-state index contributed by atoms with van der Waals surface area (Å²) >= 11 is 3.41. The molecule has 3 rings (SSSR count). The molecule has 1 aromatic heterocycles. The minimum absolute atomic E-state index is 0.0710. The van der Waals surface area contributed by atoms with Crippen molar-refractivity contribution in [3.8, 4) is 0 Å². The largest absolute Gasteiger partial charge is 0.326 e. The van der Waals surface area contributed by atoms with Crippen molar-refractivity contribution in [2.24, 2.45) is 0 Å². The molecule has 0 atom stereocenters. The van der Waals surface area contributed by atoms with Gasteiger partial charge in [0.15, 0.2) is 0 Å². The zero-order chi connectivity index (χ0) is 19.6. The van der Waals surface area contributed by atoms with Crippen LogP contribution >= 0.6 is 23.1 Å². The highest BCUT2D eigenvalue weighted by atomic mass is 32.2. The summed E-state index contributed by atoms with van der Waals surface area (Å²) in [4.78, 5) is 20.0. The van der Waals surface area contributed by atoms with Crippen LogP contribution in [0.2, 0.25) is 0 Å². The maximum Gasteiger partial charge on any atom is 0.224 e. The van der Waals surface area contributed by atoms with Crippen LogP contribution in [-0.2, 0) is 17.9 Å². The molecule has 0 radical (unpaired) electrons. The number of hydrogen-bond donors (Lipinski definition) is 1. The van der Waals surface area contributed by atoms with Gasteiger partial charge >= 0.3 is 0 Å². The first-order valence-corrected chi connectivity index (χ1v) is 11.2. The smallest absolute Gasteiger partial charge is 0.224 e. The van der Waals surface area contributed by atoms with Crippen LogP contribution < -0.4 is 5.32 Å². The lowest BCUT2D eigenvalue weighted by atomic mass is 10.2. The van der Waals surface area contributed by atoms with Crippen LogP contribution in [-0.4, -0.2) is 28.6 Å². The number of hydrogen-bond acceptors (Lipinski definition) is 5. The van der Waals surface area contributed by atoms with Gasteiger partial charge in [0, 0.05) is 35.5 Å². The topological polar surface area (TPSA) is 45.2 Å². The molecule has 0 saturated carbocycles. The van der Waals surface area contributed by atoms with Crippen molar-refractivity contribution >= 4 is 34.7 Å². The maximum atomic E-state index is 12.2. The fourth-order valence-corrected chi connectivity index (χ4v) is 4.29. The molecule has 0 aliphatic carbocycles. The van der Waals surface area contributed by atoms with Gasteiger partial charge in [0.2, 0.25) is 5.91 Å². The zero-order valence-corrected chi connectivity index (χ0v) is 17.6. The highest BCUT2D eigenvalue weighted by Gasteiger charge is 2.06. The van der Waals surface area contributed by atoms with Crippen LogP contribution in [0.1, 0.15) is 24.1 Å². The molecular formula is C22H25N3OS2. The lowest BCUT2D eigenvalue weighted by Gasteiger charge is -2.16. The van der Waals surface area contributed by atoms with Gasteiger partial charge in [-0.2, -0.15) is 0 Å². The Labute approximate surface area is 175 Å². The van der Waals surface area contributed by atoms with Crippen LogP contribution in [0, 0.1) is 0 Å². The first-order chi connectivity index (χ1) is 13.7. The Hall–Kier alpha value is -2.15. The molecule has 4 nitrogen and oxygen atoms in total. The fourth-order valence-electron chi connectivity index (χ4n) is 2.87. The summed E-state index contributed by atoms with van der Waals surface area (Å²) in [6.45, 7) is 1.63. The summed E-state index contributed by atoms with van der Waals surface area (Å²) in [5.74, 6) is 1.01. The highest BCUT2D eigenvalue weighted by Crippen LogP contribution is 2.19.